The Kier molecular flexibility index (Phi) is 2.40. The zero-order valence-corrected chi connectivity index (χ0v) is 6.58. The normalized spacial score (nSPS) is 9.42. The van der Waals surface area contributed by atoms with Gasteiger partial charge in [0.25, 0.3) is 0 Å². The van der Waals surface area contributed by atoms with E-state index in [4.69, 9.17) is 16.7 Å². The first-order chi connectivity index (χ1) is 5.65. The van der Waals surface area contributed by atoms with E-state index in [0.29, 0.717) is 0 Å². The Morgan fingerprint density at radius 3 is 2.58 bits per heavy atom. The Morgan fingerprint density at radius 1 is 1.50 bits per heavy atom. The van der Waals surface area contributed by atoms with Gasteiger partial charge in [0.15, 0.2) is 0 Å². The molecule has 12 heavy (non-hydrogen) atoms. The first-order valence-corrected chi connectivity index (χ1v) is 3.39. The smallest absolute Gasteiger partial charge is 0.335 e. The van der Waals surface area contributed by atoms with Crippen LogP contribution in [0.1, 0.15) is 10.4 Å². The zero-order valence-electron chi connectivity index (χ0n) is 5.82. The van der Waals surface area contributed by atoms with Crippen molar-refractivity contribution in [2.75, 3.05) is 0 Å². The van der Waals surface area contributed by atoms with E-state index in [0.717, 1.165) is 0 Å². The van der Waals surface area contributed by atoms with Crippen LogP contribution < -0.4 is 0 Å². The number of rotatable bonds is 2. The average Bonchev–Trinajstić information content (AvgIpc) is 2.04. The summed E-state index contributed by atoms with van der Waals surface area (Å²) in [5, 5.41) is 11.1. The molecule has 0 unspecified atom stereocenters. The molecule has 0 saturated carbocycles. The molecule has 62 valence electrons. The third-order valence-electron chi connectivity index (χ3n) is 1.29. The van der Waals surface area contributed by atoms with Gasteiger partial charge in [-0.1, -0.05) is 11.6 Å². The van der Waals surface area contributed by atoms with Crippen LogP contribution in [-0.2, 0) is 0 Å². The Hall–Kier alpha value is -1.42. The fourth-order valence-corrected chi connectivity index (χ4v) is 0.929. The van der Waals surface area contributed by atoms with Crippen molar-refractivity contribution in [2.24, 2.45) is 5.18 Å². The second kappa shape index (κ2) is 3.32. The average molecular weight is 186 g/mol. The second-order valence-corrected chi connectivity index (χ2v) is 2.47. The number of nitroso groups, excluding NO2 is 1. The summed E-state index contributed by atoms with van der Waals surface area (Å²) >= 11 is 5.52. The number of benzene rings is 1. The quantitative estimate of drug-likeness (QED) is 0.720. The van der Waals surface area contributed by atoms with E-state index < -0.39 is 5.97 Å². The first-order valence-electron chi connectivity index (χ1n) is 3.01. The van der Waals surface area contributed by atoms with Crippen LogP contribution >= 0.6 is 11.6 Å². The minimum Gasteiger partial charge on any atom is -0.478 e. The lowest BCUT2D eigenvalue weighted by atomic mass is 10.2. The summed E-state index contributed by atoms with van der Waals surface area (Å²) in [6.45, 7) is 0. The standard InChI is InChI=1S/C7H4ClNO3/c8-5-3-4(7(10)11)1-2-6(5)9-12/h1-3H,(H,10,11). The lowest BCUT2D eigenvalue weighted by Crippen LogP contribution is -1.94. The topological polar surface area (TPSA) is 66.7 Å². The summed E-state index contributed by atoms with van der Waals surface area (Å²) in [6, 6.07) is 3.71. The summed E-state index contributed by atoms with van der Waals surface area (Å²) in [5.74, 6) is -1.09. The zero-order chi connectivity index (χ0) is 9.14. The van der Waals surface area contributed by atoms with Crippen LogP contribution in [-0.4, -0.2) is 11.1 Å². The number of hydrogen-bond acceptors (Lipinski definition) is 3. The number of aromatic carboxylic acids is 1. The molecule has 0 radical (unpaired) electrons. The SMILES string of the molecule is O=Nc1ccc(C(=O)O)cc1Cl. The van der Waals surface area contributed by atoms with Crippen LogP contribution in [0.4, 0.5) is 5.69 Å². The van der Waals surface area contributed by atoms with Crippen LogP contribution in [0.3, 0.4) is 0 Å². The Morgan fingerprint density at radius 2 is 2.17 bits per heavy atom. The van der Waals surface area contributed by atoms with E-state index in [-0.39, 0.29) is 16.3 Å². The first kappa shape index (κ1) is 8.67. The van der Waals surface area contributed by atoms with Gasteiger partial charge in [-0.15, -0.1) is 4.91 Å². The minimum absolute atomic E-state index is 0.0346. The minimum atomic E-state index is -1.09. The summed E-state index contributed by atoms with van der Waals surface area (Å²) < 4.78 is 0. The van der Waals surface area contributed by atoms with Crippen molar-refractivity contribution in [1.82, 2.24) is 0 Å². The van der Waals surface area contributed by atoms with Crippen LogP contribution in [0, 0.1) is 4.91 Å². The van der Waals surface area contributed by atoms with Crippen molar-refractivity contribution in [1.29, 1.82) is 0 Å². The van der Waals surface area contributed by atoms with E-state index in [1.807, 2.05) is 0 Å². The predicted molar refractivity (Wildman–Crippen MR) is 43.9 cm³/mol. The third-order valence-corrected chi connectivity index (χ3v) is 1.60. The molecule has 0 aliphatic carbocycles. The molecule has 1 N–H and O–H groups in total. The number of halogens is 1. The van der Waals surface area contributed by atoms with E-state index >= 15 is 0 Å². The number of carbonyl (C=O) groups is 1. The molecule has 0 heterocycles. The van der Waals surface area contributed by atoms with Gasteiger partial charge in [0, 0.05) is 0 Å². The molecule has 0 atom stereocenters. The van der Waals surface area contributed by atoms with Gasteiger partial charge in [-0.05, 0) is 23.4 Å². The second-order valence-electron chi connectivity index (χ2n) is 2.06. The van der Waals surface area contributed by atoms with Gasteiger partial charge in [0.05, 0.1) is 10.6 Å². The molecule has 0 saturated heterocycles. The summed E-state index contributed by atoms with van der Waals surface area (Å²) in [7, 11) is 0. The van der Waals surface area contributed by atoms with Crippen LogP contribution in [0.5, 0.6) is 0 Å². The number of carboxylic acids is 1. The van der Waals surface area contributed by atoms with Gasteiger partial charge in [0.1, 0.15) is 5.69 Å². The molecule has 0 aromatic heterocycles. The van der Waals surface area contributed by atoms with Crippen molar-refractivity contribution < 1.29 is 9.90 Å². The van der Waals surface area contributed by atoms with Crippen molar-refractivity contribution >= 4 is 23.3 Å². The number of nitrogens with zero attached hydrogens (tertiary/aromatic N) is 1. The molecule has 0 fully saturated rings. The van der Waals surface area contributed by atoms with Crippen LogP contribution in [0.25, 0.3) is 0 Å². The van der Waals surface area contributed by atoms with Crippen molar-refractivity contribution in [2.45, 2.75) is 0 Å². The molecule has 0 aliphatic rings. The van der Waals surface area contributed by atoms with Gasteiger partial charge >= 0.3 is 5.97 Å². The highest BCUT2D eigenvalue weighted by molar-refractivity contribution is 6.33. The molecule has 4 nitrogen and oxygen atoms in total. The third kappa shape index (κ3) is 1.60. The van der Waals surface area contributed by atoms with Crippen molar-refractivity contribution in [3.8, 4) is 0 Å². The lowest BCUT2D eigenvalue weighted by Gasteiger charge is -1.95. The molecule has 1 aromatic carbocycles. The predicted octanol–water partition coefficient (Wildman–Crippen LogP) is 2.44. The van der Waals surface area contributed by atoms with Gasteiger partial charge in [0.2, 0.25) is 0 Å². The fourth-order valence-electron chi connectivity index (χ4n) is 0.714. The number of carboxylic acid groups (broad SMARTS) is 1. The molecular formula is C7H4ClNO3. The van der Waals surface area contributed by atoms with Crippen LogP contribution in [0.2, 0.25) is 5.02 Å². The highest BCUT2D eigenvalue weighted by Crippen LogP contribution is 2.25. The Balaban J connectivity index is 3.18. The largest absolute Gasteiger partial charge is 0.478 e. The van der Waals surface area contributed by atoms with Gasteiger partial charge in [-0.2, -0.15) is 0 Å². The molecule has 0 bridgehead atoms. The highest BCUT2D eigenvalue weighted by atomic mass is 35.5. The van der Waals surface area contributed by atoms with Crippen LogP contribution in [0.15, 0.2) is 23.4 Å². The van der Waals surface area contributed by atoms with Gasteiger partial charge in [-0.3, -0.25) is 0 Å². The Bertz CT molecular complexity index is 337. The maximum Gasteiger partial charge on any atom is 0.335 e. The van der Waals surface area contributed by atoms with Gasteiger partial charge < -0.3 is 5.11 Å². The lowest BCUT2D eigenvalue weighted by molar-refractivity contribution is 0.0697. The molecular weight excluding hydrogens is 182 g/mol. The highest BCUT2D eigenvalue weighted by Gasteiger charge is 2.06. The summed E-state index contributed by atoms with van der Waals surface area (Å²) in [6.07, 6.45) is 0. The van der Waals surface area contributed by atoms with Crippen molar-refractivity contribution in [3.63, 3.8) is 0 Å². The Labute approximate surface area is 72.8 Å². The molecule has 5 heteroatoms. The molecule has 0 amide bonds. The van der Waals surface area contributed by atoms with E-state index in [1.165, 1.54) is 18.2 Å². The van der Waals surface area contributed by atoms with E-state index in [2.05, 4.69) is 5.18 Å². The monoisotopic (exact) mass is 185 g/mol. The maximum absolute atomic E-state index is 10.4. The maximum atomic E-state index is 10.4. The summed E-state index contributed by atoms with van der Waals surface area (Å²) in [4.78, 5) is 20.4. The fraction of sp³-hybridized carbons (Fsp3) is 0. The van der Waals surface area contributed by atoms with Gasteiger partial charge in [-0.25, -0.2) is 4.79 Å². The van der Waals surface area contributed by atoms with E-state index in [9.17, 15) is 9.70 Å². The molecule has 1 rings (SSSR count). The van der Waals surface area contributed by atoms with E-state index in [1.54, 1.807) is 0 Å². The molecule has 0 spiro atoms. The molecule has 0 aliphatic heterocycles. The van der Waals surface area contributed by atoms with Crippen molar-refractivity contribution in [3.05, 3.63) is 33.7 Å². The number of hydrogen-bond donors (Lipinski definition) is 1. The summed E-state index contributed by atoms with van der Waals surface area (Å²) in [5.41, 5.74) is 0.0778. The molecule has 1 aromatic rings.